The molecule has 0 aliphatic carbocycles. The maximum Gasteiger partial charge on any atom is 0.0814 e. The van der Waals surface area contributed by atoms with Crippen molar-refractivity contribution in [2.24, 2.45) is 0 Å². The zero-order valence-electron chi connectivity index (χ0n) is 8.07. The molecule has 13 heavy (non-hydrogen) atoms. The van der Waals surface area contributed by atoms with Gasteiger partial charge in [-0.1, -0.05) is 29.8 Å². The molecule has 0 radical (unpaired) electrons. The van der Waals surface area contributed by atoms with Crippen molar-refractivity contribution in [2.45, 2.75) is 32.5 Å². The highest BCUT2D eigenvalue weighted by Gasteiger charge is 2.09. The lowest BCUT2D eigenvalue weighted by Gasteiger charge is -2.12. The molecular weight excluding hydrogens is 164 g/mol. The standard InChI is InChI=1S/C11H16O2/c1-8-3-5-10(6-4-8)11(13)7-9(2)12/h3-6,9,11-13H,7H2,1-2H3/t9-,11-/m0/s1. The smallest absolute Gasteiger partial charge is 0.0814 e. The molecular formula is C11H16O2. The summed E-state index contributed by atoms with van der Waals surface area (Å²) in [5, 5.41) is 18.7. The Morgan fingerprint density at radius 2 is 1.69 bits per heavy atom. The van der Waals surface area contributed by atoms with Crippen LogP contribution in [0.5, 0.6) is 0 Å². The van der Waals surface area contributed by atoms with Crippen molar-refractivity contribution in [1.29, 1.82) is 0 Å². The van der Waals surface area contributed by atoms with Crippen molar-refractivity contribution in [1.82, 2.24) is 0 Å². The monoisotopic (exact) mass is 180 g/mol. The van der Waals surface area contributed by atoms with Crippen LogP contribution in [0.1, 0.15) is 30.6 Å². The molecule has 2 N–H and O–H groups in total. The predicted molar refractivity (Wildman–Crippen MR) is 52.4 cm³/mol. The Bertz CT molecular complexity index is 251. The molecule has 72 valence electrons. The van der Waals surface area contributed by atoms with Gasteiger partial charge in [-0.25, -0.2) is 0 Å². The van der Waals surface area contributed by atoms with Crippen LogP contribution in [0.25, 0.3) is 0 Å². The molecule has 2 nitrogen and oxygen atoms in total. The third-order valence-electron chi connectivity index (χ3n) is 2.03. The topological polar surface area (TPSA) is 40.5 Å². The van der Waals surface area contributed by atoms with Gasteiger partial charge >= 0.3 is 0 Å². The summed E-state index contributed by atoms with van der Waals surface area (Å²) in [6, 6.07) is 7.70. The Labute approximate surface area is 78.8 Å². The number of rotatable bonds is 3. The summed E-state index contributed by atoms with van der Waals surface area (Å²) < 4.78 is 0. The molecule has 0 aromatic heterocycles. The number of benzene rings is 1. The highest BCUT2D eigenvalue weighted by atomic mass is 16.3. The van der Waals surface area contributed by atoms with Crippen LogP contribution in [-0.2, 0) is 0 Å². The summed E-state index contributed by atoms with van der Waals surface area (Å²) in [6.45, 7) is 3.68. The Morgan fingerprint density at radius 1 is 1.15 bits per heavy atom. The minimum atomic E-state index is -0.555. The number of hydrogen-bond donors (Lipinski definition) is 2. The van der Waals surface area contributed by atoms with E-state index >= 15 is 0 Å². The van der Waals surface area contributed by atoms with Crippen molar-refractivity contribution in [3.8, 4) is 0 Å². The van der Waals surface area contributed by atoms with Gasteiger partial charge in [0.2, 0.25) is 0 Å². The quantitative estimate of drug-likeness (QED) is 0.744. The summed E-state index contributed by atoms with van der Waals surface area (Å²) in [5.74, 6) is 0. The first kappa shape index (κ1) is 10.2. The van der Waals surface area contributed by atoms with Gasteiger partial charge in [-0.05, 0) is 19.4 Å². The SMILES string of the molecule is Cc1ccc([C@@H](O)C[C@H](C)O)cc1. The fraction of sp³-hybridized carbons (Fsp3) is 0.455. The molecule has 1 aromatic rings. The molecule has 0 heterocycles. The van der Waals surface area contributed by atoms with Crippen LogP contribution < -0.4 is 0 Å². The number of aliphatic hydroxyl groups is 2. The van der Waals surface area contributed by atoms with Crippen molar-refractivity contribution in [3.63, 3.8) is 0 Å². The largest absolute Gasteiger partial charge is 0.393 e. The molecule has 0 unspecified atom stereocenters. The second-order valence-electron chi connectivity index (χ2n) is 3.51. The summed E-state index contributed by atoms with van der Waals surface area (Å²) in [6.07, 6.45) is -0.625. The van der Waals surface area contributed by atoms with Gasteiger partial charge in [-0.2, -0.15) is 0 Å². The maximum absolute atomic E-state index is 9.62. The van der Waals surface area contributed by atoms with E-state index in [2.05, 4.69) is 0 Å². The molecule has 2 heteroatoms. The summed E-state index contributed by atoms with van der Waals surface area (Å²) in [4.78, 5) is 0. The van der Waals surface area contributed by atoms with Crippen LogP contribution in [0, 0.1) is 6.92 Å². The van der Waals surface area contributed by atoms with Crippen molar-refractivity contribution < 1.29 is 10.2 Å². The lowest BCUT2D eigenvalue weighted by atomic mass is 10.0. The van der Waals surface area contributed by atoms with Gasteiger partial charge in [0.05, 0.1) is 12.2 Å². The first-order valence-electron chi connectivity index (χ1n) is 4.52. The molecule has 0 saturated heterocycles. The molecule has 0 aliphatic rings. The number of aryl methyl sites for hydroxylation is 1. The van der Waals surface area contributed by atoms with E-state index in [0.29, 0.717) is 6.42 Å². The molecule has 0 bridgehead atoms. The van der Waals surface area contributed by atoms with Gasteiger partial charge < -0.3 is 10.2 Å². The lowest BCUT2D eigenvalue weighted by Crippen LogP contribution is -2.07. The zero-order valence-corrected chi connectivity index (χ0v) is 8.07. The highest BCUT2D eigenvalue weighted by Crippen LogP contribution is 2.18. The fourth-order valence-corrected chi connectivity index (χ4v) is 1.25. The predicted octanol–water partition coefficient (Wildman–Crippen LogP) is 1.80. The highest BCUT2D eigenvalue weighted by molar-refractivity contribution is 5.23. The molecule has 0 amide bonds. The zero-order chi connectivity index (χ0) is 9.84. The van der Waals surface area contributed by atoms with Crippen LogP contribution in [0.3, 0.4) is 0 Å². The average Bonchev–Trinajstić information content (AvgIpc) is 2.04. The van der Waals surface area contributed by atoms with E-state index in [4.69, 9.17) is 5.11 Å². The van der Waals surface area contributed by atoms with E-state index in [-0.39, 0.29) is 0 Å². The Kier molecular flexibility index (Phi) is 3.46. The van der Waals surface area contributed by atoms with Crippen molar-refractivity contribution in [2.75, 3.05) is 0 Å². The molecule has 0 aliphatic heterocycles. The summed E-state index contributed by atoms with van der Waals surface area (Å²) in [5.41, 5.74) is 2.04. The Morgan fingerprint density at radius 3 is 2.15 bits per heavy atom. The van der Waals surface area contributed by atoms with Gasteiger partial charge in [0.1, 0.15) is 0 Å². The van der Waals surface area contributed by atoms with E-state index in [9.17, 15) is 5.11 Å². The van der Waals surface area contributed by atoms with Crippen LogP contribution in [0.4, 0.5) is 0 Å². The van der Waals surface area contributed by atoms with Crippen molar-refractivity contribution in [3.05, 3.63) is 35.4 Å². The second kappa shape index (κ2) is 4.40. The van der Waals surface area contributed by atoms with Crippen LogP contribution in [0.2, 0.25) is 0 Å². The molecule has 0 saturated carbocycles. The van der Waals surface area contributed by atoms with Crippen LogP contribution in [0.15, 0.2) is 24.3 Å². The van der Waals surface area contributed by atoms with E-state index in [1.54, 1.807) is 6.92 Å². The molecule has 0 spiro atoms. The van der Waals surface area contributed by atoms with E-state index in [1.165, 1.54) is 5.56 Å². The van der Waals surface area contributed by atoms with Gasteiger partial charge in [-0.3, -0.25) is 0 Å². The maximum atomic E-state index is 9.62. The van der Waals surface area contributed by atoms with Crippen molar-refractivity contribution >= 4 is 0 Å². The van der Waals surface area contributed by atoms with Gasteiger partial charge in [0, 0.05) is 6.42 Å². The lowest BCUT2D eigenvalue weighted by molar-refractivity contribution is 0.0907. The molecule has 2 atom stereocenters. The molecule has 0 fully saturated rings. The summed E-state index contributed by atoms with van der Waals surface area (Å²) in [7, 11) is 0. The number of aliphatic hydroxyl groups excluding tert-OH is 2. The van der Waals surface area contributed by atoms with Gasteiger partial charge in [0.15, 0.2) is 0 Å². The third-order valence-corrected chi connectivity index (χ3v) is 2.03. The van der Waals surface area contributed by atoms with Gasteiger partial charge in [0.25, 0.3) is 0 Å². The normalized spacial score (nSPS) is 15.4. The van der Waals surface area contributed by atoms with E-state index in [0.717, 1.165) is 5.56 Å². The Hall–Kier alpha value is -0.860. The summed E-state index contributed by atoms with van der Waals surface area (Å²) >= 11 is 0. The molecule has 1 rings (SSSR count). The van der Waals surface area contributed by atoms with E-state index in [1.807, 2.05) is 31.2 Å². The van der Waals surface area contributed by atoms with Crippen LogP contribution in [-0.4, -0.2) is 16.3 Å². The minimum absolute atomic E-state index is 0.392. The number of hydrogen-bond acceptors (Lipinski definition) is 2. The first-order valence-corrected chi connectivity index (χ1v) is 4.52. The Balaban J connectivity index is 2.66. The minimum Gasteiger partial charge on any atom is -0.393 e. The third kappa shape index (κ3) is 3.17. The molecule has 1 aromatic carbocycles. The van der Waals surface area contributed by atoms with Crippen LogP contribution >= 0.6 is 0 Å². The first-order chi connectivity index (χ1) is 6.09. The van der Waals surface area contributed by atoms with Gasteiger partial charge in [-0.15, -0.1) is 0 Å². The average molecular weight is 180 g/mol. The second-order valence-corrected chi connectivity index (χ2v) is 3.51. The fourth-order valence-electron chi connectivity index (χ4n) is 1.25. The van der Waals surface area contributed by atoms with E-state index < -0.39 is 12.2 Å².